The van der Waals surface area contributed by atoms with Crippen LogP contribution in [0.15, 0.2) is 24.5 Å². The van der Waals surface area contributed by atoms with Crippen molar-refractivity contribution >= 4 is 11.6 Å². The standard InChI is InChI=1S/C23H31N3O3/c1-15-5-8-20-21(26(15)16(2)28)10-9-19(22(20)29-14-23(3,4)13-27)17-11-24-25(12-17)18-6-7-18/h9-12,15,18,27H,5-8,13-14H2,1-4H3. The summed E-state index contributed by atoms with van der Waals surface area (Å²) >= 11 is 0. The van der Waals surface area contributed by atoms with Gasteiger partial charge in [-0.1, -0.05) is 13.8 Å². The van der Waals surface area contributed by atoms with Crippen LogP contribution in [0.4, 0.5) is 5.69 Å². The Kier molecular flexibility index (Phi) is 5.15. The highest BCUT2D eigenvalue weighted by Crippen LogP contribution is 2.44. The van der Waals surface area contributed by atoms with Crippen LogP contribution in [0.2, 0.25) is 0 Å². The molecule has 6 heteroatoms. The highest BCUT2D eigenvalue weighted by Gasteiger charge is 2.31. The van der Waals surface area contributed by atoms with Crippen molar-refractivity contribution in [1.82, 2.24) is 9.78 Å². The molecule has 1 aromatic carbocycles. The van der Waals surface area contributed by atoms with Gasteiger partial charge in [0.2, 0.25) is 5.91 Å². The van der Waals surface area contributed by atoms with Gasteiger partial charge in [0.15, 0.2) is 0 Å². The van der Waals surface area contributed by atoms with Gasteiger partial charge in [-0.25, -0.2) is 0 Å². The van der Waals surface area contributed by atoms with Gasteiger partial charge >= 0.3 is 0 Å². The van der Waals surface area contributed by atoms with Crippen molar-refractivity contribution in [1.29, 1.82) is 0 Å². The first kappa shape index (κ1) is 20.0. The Labute approximate surface area is 172 Å². The lowest BCUT2D eigenvalue weighted by Crippen LogP contribution is -2.41. The maximum Gasteiger partial charge on any atom is 0.224 e. The maximum atomic E-state index is 12.3. The number of aliphatic hydroxyl groups is 1. The van der Waals surface area contributed by atoms with E-state index in [9.17, 15) is 9.90 Å². The largest absolute Gasteiger partial charge is 0.492 e. The summed E-state index contributed by atoms with van der Waals surface area (Å²) in [5.74, 6) is 0.868. The lowest BCUT2D eigenvalue weighted by Gasteiger charge is -2.36. The zero-order valence-corrected chi connectivity index (χ0v) is 17.8. The number of hydrogen-bond donors (Lipinski definition) is 1. The number of aromatic nitrogens is 2. The Bertz CT molecular complexity index is 914. The average molecular weight is 398 g/mol. The minimum Gasteiger partial charge on any atom is -0.492 e. The molecule has 2 heterocycles. The number of carbonyl (C=O) groups is 1. The van der Waals surface area contributed by atoms with Crippen molar-refractivity contribution in [3.05, 3.63) is 30.1 Å². The third-order valence-corrected chi connectivity index (χ3v) is 5.96. The van der Waals surface area contributed by atoms with E-state index in [-0.39, 0.29) is 24.0 Å². The van der Waals surface area contributed by atoms with E-state index in [4.69, 9.17) is 4.74 Å². The Morgan fingerprint density at radius 3 is 2.72 bits per heavy atom. The second-order valence-corrected chi connectivity index (χ2v) is 9.27. The Hall–Kier alpha value is -2.34. The molecule has 29 heavy (non-hydrogen) atoms. The van der Waals surface area contributed by atoms with E-state index in [0.29, 0.717) is 12.6 Å². The van der Waals surface area contributed by atoms with Crippen molar-refractivity contribution in [3.63, 3.8) is 0 Å². The van der Waals surface area contributed by atoms with E-state index in [1.807, 2.05) is 41.8 Å². The number of ether oxygens (including phenoxy) is 1. The van der Waals surface area contributed by atoms with Crippen LogP contribution in [-0.2, 0) is 11.2 Å². The average Bonchev–Trinajstić information content (AvgIpc) is 3.42. The first-order valence-electron chi connectivity index (χ1n) is 10.5. The van der Waals surface area contributed by atoms with E-state index in [1.54, 1.807) is 6.92 Å². The van der Waals surface area contributed by atoms with E-state index in [0.717, 1.165) is 41.0 Å². The first-order valence-corrected chi connectivity index (χ1v) is 10.5. The molecule has 0 spiro atoms. The minimum atomic E-state index is -0.347. The van der Waals surface area contributed by atoms with Gasteiger partial charge in [0.25, 0.3) is 0 Å². The highest BCUT2D eigenvalue weighted by molar-refractivity contribution is 5.95. The molecule has 0 bridgehead atoms. The van der Waals surface area contributed by atoms with E-state index >= 15 is 0 Å². The van der Waals surface area contributed by atoms with Crippen molar-refractivity contribution in [2.24, 2.45) is 5.41 Å². The topological polar surface area (TPSA) is 67.6 Å². The second kappa shape index (κ2) is 7.48. The quantitative estimate of drug-likeness (QED) is 0.801. The van der Waals surface area contributed by atoms with E-state index < -0.39 is 0 Å². The van der Waals surface area contributed by atoms with Crippen LogP contribution < -0.4 is 9.64 Å². The molecule has 2 aromatic rings. The van der Waals surface area contributed by atoms with Gasteiger partial charge < -0.3 is 14.7 Å². The third-order valence-electron chi connectivity index (χ3n) is 5.96. The van der Waals surface area contributed by atoms with Gasteiger partial charge in [-0.2, -0.15) is 5.10 Å². The van der Waals surface area contributed by atoms with Crippen LogP contribution in [-0.4, -0.2) is 40.0 Å². The zero-order valence-electron chi connectivity index (χ0n) is 17.8. The Morgan fingerprint density at radius 2 is 2.07 bits per heavy atom. The molecule has 1 aliphatic carbocycles. The summed E-state index contributed by atoms with van der Waals surface area (Å²) in [5.41, 5.74) is 3.70. The van der Waals surface area contributed by atoms with Gasteiger partial charge in [-0.05, 0) is 44.7 Å². The van der Waals surface area contributed by atoms with Crippen molar-refractivity contribution in [2.45, 2.75) is 65.5 Å². The minimum absolute atomic E-state index is 0.0492. The predicted molar refractivity (Wildman–Crippen MR) is 113 cm³/mol. The van der Waals surface area contributed by atoms with Gasteiger partial charge in [0, 0.05) is 41.3 Å². The number of hydrogen-bond acceptors (Lipinski definition) is 4. The molecule has 156 valence electrons. The molecule has 1 fully saturated rings. The third kappa shape index (κ3) is 3.90. The van der Waals surface area contributed by atoms with Crippen LogP contribution in [0.25, 0.3) is 11.1 Å². The Balaban J connectivity index is 1.78. The summed E-state index contributed by atoms with van der Waals surface area (Å²) in [7, 11) is 0. The predicted octanol–water partition coefficient (Wildman–Crippen LogP) is 3.97. The molecule has 1 amide bonds. The van der Waals surface area contributed by atoms with Gasteiger partial charge in [0.05, 0.1) is 31.1 Å². The maximum absolute atomic E-state index is 12.3. The van der Waals surface area contributed by atoms with Crippen molar-refractivity contribution in [2.75, 3.05) is 18.1 Å². The molecular weight excluding hydrogens is 366 g/mol. The van der Waals surface area contributed by atoms with Gasteiger partial charge in [-0.3, -0.25) is 9.48 Å². The molecule has 1 aromatic heterocycles. The molecule has 4 rings (SSSR count). The molecule has 0 saturated heterocycles. The molecule has 1 aliphatic heterocycles. The fraction of sp³-hybridized carbons (Fsp3) is 0.565. The van der Waals surface area contributed by atoms with Crippen LogP contribution in [0, 0.1) is 5.41 Å². The fourth-order valence-electron chi connectivity index (χ4n) is 4.01. The molecule has 0 radical (unpaired) electrons. The molecule has 2 aliphatic rings. The summed E-state index contributed by atoms with van der Waals surface area (Å²) in [4.78, 5) is 14.2. The van der Waals surface area contributed by atoms with Crippen LogP contribution >= 0.6 is 0 Å². The summed E-state index contributed by atoms with van der Waals surface area (Å²) in [6.07, 6.45) is 8.13. The molecule has 1 unspecified atom stereocenters. The normalized spacial score (nSPS) is 19.2. The first-order chi connectivity index (χ1) is 13.8. The molecule has 1 saturated carbocycles. The van der Waals surface area contributed by atoms with Gasteiger partial charge in [-0.15, -0.1) is 0 Å². The van der Waals surface area contributed by atoms with Crippen LogP contribution in [0.3, 0.4) is 0 Å². The lowest BCUT2D eigenvalue weighted by molar-refractivity contribution is -0.117. The molecular formula is C23H31N3O3. The molecule has 1 atom stereocenters. The Morgan fingerprint density at radius 1 is 1.31 bits per heavy atom. The summed E-state index contributed by atoms with van der Waals surface area (Å²) in [6, 6.07) is 4.78. The van der Waals surface area contributed by atoms with E-state index in [1.165, 1.54) is 12.8 Å². The number of aliphatic hydroxyl groups excluding tert-OH is 1. The SMILES string of the molecule is CC(=O)N1c2ccc(-c3cnn(C4CC4)c3)c(OCC(C)(C)CO)c2CCC1C. The zero-order chi connectivity index (χ0) is 20.8. The highest BCUT2D eigenvalue weighted by atomic mass is 16.5. The fourth-order valence-corrected chi connectivity index (χ4v) is 4.01. The summed E-state index contributed by atoms with van der Waals surface area (Å²) in [6.45, 7) is 8.13. The monoisotopic (exact) mass is 397 g/mol. The summed E-state index contributed by atoms with van der Waals surface area (Å²) < 4.78 is 8.40. The smallest absolute Gasteiger partial charge is 0.224 e. The number of nitrogens with zero attached hydrogens (tertiary/aromatic N) is 3. The van der Waals surface area contributed by atoms with Crippen molar-refractivity contribution in [3.8, 4) is 16.9 Å². The van der Waals surface area contributed by atoms with Crippen LogP contribution in [0.5, 0.6) is 5.75 Å². The number of fused-ring (bicyclic) bond motifs is 1. The number of benzene rings is 1. The van der Waals surface area contributed by atoms with Crippen molar-refractivity contribution < 1.29 is 14.6 Å². The number of amides is 1. The number of anilines is 1. The molecule has 1 N–H and O–H groups in total. The van der Waals surface area contributed by atoms with Gasteiger partial charge in [0.1, 0.15) is 5.75 Å². The lowest BCUT2D eigenvalue weighted by atomic mass is 9.91. The molecule has 6 nitrogen and oxygen atoms in total. The van der Waals surface area contributed by atoms with Crippen LogP contribution in [0.1, 0.15) is 58.6 Å². The second-order valence-electron chi connectivity index (χ2n) is 9.27. The number of carbonyl (C=O) groups excluding carboxylic acids is 1. The number of rotatable bonds is 6. The summed E-state index contributed by atoms with van der Waals surface area (Å²) in [5, 5.41) is 14.2. The van der Waals surface area contributed by atoms with E-state index in [2.05, 4.69) is 18.2 Å².